The molecule has 0 fully saturated rings. The topological polar surface area (TPSA) is 77.4 Å². The van der Waals surface area contributed by atoms with Gasteiger partial charge in [-0.1, -0.05) is 69.3 Å². The van der Waals surface area contributed by atoms with E-state index in [0.717, 1.165) is 27.1 Å². The highest BCUT2D eigenvalue weighted by Gasteiger charge is 2.23. The maximum Gasteiger partial charge on any atom is 0.298 e. The van der Waals surface area contributed by atoms with Gasteiger partial charge in [0, 0.05) is 11.0 Å². The van der Waals surface area contributed by atoms with Crippen molar-refractivity contribution in [3.05, 3.63) is 82.5 Å². The predicted octanol–water partition coefficient (Wildman–Crippen LogP) is 3.77. The van der Waals surface area contributed by atoms with Gasteiger partial charge in [0.05, 0.1) is 6.21 Å². The zero-order valence-corrected chi connectivity index (χ0v) is 16.9. The third-order valence-electron chi connectivity index (χ3n) is 5.13. The van der Waals surface area contributed by atoms with Crippen LogP contribution in [-0.4, -0.2) is 30.7 Å². The Kier molecular flexibility index (Phi) is 3.99. The van der Waals surface area contributed by atoms with E-state index < -0.39 is 5.41 Å². The average Bonchev–Trinajstić information content (AvgIpc) is 3.19. The van der Waals surface area contributed by atoms with Crippen molar-refractivity contribution in [1.29, 1.82) is 0 Å². The first-order valence-corrected chi connectivity index (χ1v) is 9.72. The Morgan fingerprint density at radius 2 is 1.60 bits per heavy atom. The van der Waals surface area contributed by atoms with E-state index in [1.165, 1.54) is 15.5 Å². The lowest BCUT2D eigenvalue weighted by Gasteiger charge is -2.17. The molecule has 0 atom stereocenters. The number of benzene rings is 3. The average molecular weight is 396 g/mol. The normalized spacial score (nSPS) is 12.5. The second-order valence-corrected chi connectivity index (χ2v) is 8.27. The highest BCUT2D eigenvalue weighted by molar-refractivity contribution is 6.13. The molecule has 0 aliphatic carbocycles. The Morgan fingerprint density at radius 3 is 2.23 bits per heavy atom. The number of hydrogen-bond acceptors (Lipinski definition) is 5. The number of aromatic nitrogens is 5. The van der Waals surface area contributed by atoms with E-state index in [4.69, 9.17) is 0 Å². The van der Waals surface area contributed by atoms with E-state index in [1.807, 2.05) is 45.0 Å². The van der Waals surface area contributed by atoms with Gasteiger partial charge in [0.15, 0.2) is 0 Å². The standard InChI is InChI=1S/C23H20N6O/c1-23(2,3)20-21(30)29(22-26-24-14-28(22)27-20)25-13-19-17-10-6-4-8-15(17)12-16-9-5-7-11-18(16)19/h4-14H,1-3H3/b25-13-. The van der Waals surface area contributed by atoms with Gasteiger partial charge in [-0.15, -0.1) is 10.2 Å². The van der Waals surface area contributed by atoms with Crippen molar-refractivity contribution >= 4 is 33.5 Å². The van der Waals surface area contributed by atoms with Gasteiger partial charge in [-0.2, -0.15) is 19.4 Å². The molecule has 7 heteroatoms. The van der Waals surface area contributed by atoms with E-state index >= 15 is 0 Å². The minimum atomic E-state index is -0.445. The summed E-state index contributed by atoms with van der Waals surface area (Å²) < 4.78 is 2.76. The van der Waals surface area contributed by atoms with Gasteiger partial charge in [-0.25, -0.2) is 0 Å². The fourth-order valence-corrected chi connectivity index (χ4v) is 3.65. The van der Waals surface area contributed by atoms with Crippen molar-refractivity contribution in [3.8, 4) is 0 Å². The van der Waals surface area contributed by atoms with Crippen LogP contribution in [-0.2, 0) is 5.41 Å². The molecule has 0 unspecified atom stereocenters. The molecule has 30 heavy (non-hydrogen) atoms. The minimum Gasteiger partial charge on any atom is -0.265 e. The quantitative estimate of drug-likeness (QED) is 0.336. The van der Waals surface area contributed by atoms with Crippen molar-refractivity contribution < 1.29 is 0 Å². The van der Waals surface area contributed by atoms with Crippen LogP contribution in [0.25, 0.3) is 27.3 Å². The van der Waals surface area contributed by atoms with Crippen LogP contribution in [0, 0.1) is 0 Å². The van der Waals surface area contributed by atoms with Gasteiger partial charge < -0.3 is 0 Å². The van der Waals surface area contributed by atoms with E-state index in [-0.39, 0.29) is 11.3 Å². The Labute approximate surface area is 172 Å². The van der Waals surface area contributed by atoms with Crippen molar-refractivity contribution in [3.63, 3.8) is 0 Å². The van der Waals surface area contributed by atoms with Crippen LogP contribution < -0.4 is 5.56 Å². The Bertz CT molecular complexity index is 1450. The maximum atomic E-state index is 13.2. The van der Waals surface area contributed by atoms with Gasteiger partial charge in [-0.3, -0.25) is 4.79 Å². The predicted molar refractivity (Wildman–Crippen MR) is 118 cm³/mol. The molecule has 2 aromatic heterocycles. The first-order valence-electron chi connectivity index (χ1n) is 9.72. The molecule has 7 nitrogen and oxygen atoms in total. The van der Waals surface area contributed by atoms with Gasteiger partial charge >= 0.3 is 0 Å². The molecule has 0 radical (unpaired) electrons. The molecule has 3 aromatic carbocycles. The van der Waals surface area contributed by atoms with E-state index in [1.54, 1.807) is 6.21 Å². The molecule has 0 saturated carbocycles. The van der Waals surface area contributed by atoms with Crippen LogP contribution >= 0.6 is 0 Å². The summed E-state index contributed by atoms with van der Waals surface area (Å²) in [5.41, 5.74) is 0.597. The highest BCUT2D eigenvalue weighted by atomic mass is 16.1. The molecule has 2 heterocycles. The van der Waals surface area contributed by atoms with Gasteiger partial charge in [0.25, 0.3) is 11.3 Å². The third-order valence-corrected chi connectivity index (χ3v) is 5.13. The molecular weight excluding hydrogens is 376 g/mol. The maximum absolute atomic E-state index is 13.2. The van der Waals surface area contributed by atoms with E-state index in [9.17, 15) is 4.79 Å². The van der Waals surface area contributed by atoms with Crippen LogP contribution in [0.4, 0.5) is 0 Å². The summed E-state index contributed by atoms with van der Waals surface area (Å²) in [7, 11) is 0. The smallest absolute Gasteiger partial charge is 0.265 e. The lowest BCUT2D eigenvalue weighted by atomic mass is 9.93. The summed E-state index contributed by atoms with van der Waals surface area (Å²) in [4.78, 5) is 13.2. The number of rotatable bonds is 2. The van der Waals surface area contributed by atoms with Crippen molar-refractivity contribution in [1.82, 2.24) is 24.5 Å². The monoisotopic (exact) mass is 396 g/mol. The highest BCUT2D eigenvalue weighted by Crippen LogP contribution is 2.27. The molecule has 148 valence electrons. The van der Waals surface area contributed by atoms with Crippen LogP contribution in [0.3, 0.4) is 0 Å². The molecule has 0 amide bonds. The van der Waals surface area contributed by atoms with Crippen LogP contribution in [0.15, 0.2) is 70.8 Å². The molecule has 0 aliphatic heterocycles. The minimum absolute atomic E-state index is 0.272. The zero-order chi connectivity index (χ0) is 20.9. The first kappa shape index (κ1) is 18.2. The van der Waals surface area contributed by atoms with Crippen LogP contribution in [0.5, 0.6) is 0 Å². The molecule has 0 N–H and O–H groups in total. The van der Waals surface area contributed by atoms with E-state index in [0.29, 0.717) is 5.69 Å². The lowest BCUT2D eigenvalue weighted by molar-refractivity contribution is 0.529. The fraction of sp³-hybridized carbons (Fsp3) is 0.174. The second kappa shape index (κ2) is 6.59. The van der Waals surface area contributed by atoms with Crippen LogP contribution in [0.2, 0.25) is 0 Å². The number of hydrogen-bond donors (Lipinski definition) is 0. The lowest BCUT2D eigenvalue weighted by Crippen LogP contribution is -2.33. The van der Waals surface area contributed by atoms with E-state index in [2.05, 4.69) is 50.7 Å². The summed E-state index contributed by atoms with van der Waals surface area (Å²) in [5.74, 6) is 0.272. The van der Waals surface area contributed by atoms with Gasteiger partial charge in [-0.05, 0) is 27.6 Å². The van der Waals surface area contributed by atoms with Crippen molar-refractivity contribution in [2.24, 2.45) is 5.10 Å². The molecule has 5 aromatic rings. The fourth-order valence-electron chi connectivity index (χ4n) is 3.65. The van der Waals surface area contributed by atoms with Gasteiger partial charge in [0.2, 0.25) is 0 Å². The summed E-state index contributed by atoms with van der Waals surface area (Å²) in [6.07, 6.45) is 3.20. The summed E-state index contributed by atoms with van der Waals surface area (Å²) in [6.45, 7) is 5.83. The largest absolute Gasteiger partial charge is 0.298 e. The third kappa shape index (κ3) is 2.86. The molecule has 5 rings (SSSR count). The van der Waals surface area contributed by atoms with Crippen LogP contribution in [0.1, 0.15) is 32.0 Å². The molecule has 0 aliphatic rings. The SMILES string of the molecule is CC(C)(C)c1nn2cnnc2n(/N=C\c2c3ccccc3cc3ccccc23)c1=O. The zero-order valence-electron chi connectivity index (χ0n) is 16.9. The Morgan fingerprint density at radius 1 is 0.967 bits per heavy atom. The Balaban J connectivity index is 1.80. The van der Waals surface area contributed by atoms with Crippen molar-refractivity contribution in [2.75, 3.05) is 0 Å². The summed E-state index contributed by atoms with van der Waals surface area (Å²) >= 11 is 0. The summed E-state index contributed by atoms with van der Waals surface area (Å²) in [5, 5.41) is 21.3. The molecular formula is C23H20N6O. The number of fused-ring (bicyclic) bond motifs is 3. The number of nitrogens with zero attached hydrogens (tertiary/aromatic N) is 6. The Hall–Kier alpha value is -3.87. The summed E-state index contributed by atoms with van der Waals surface area (Å²) in [6, 6.07) is 18.5. The first-order chi connectivity index (χ1) is 14.4. The second-order valence-electron chi connectivity index (χ2n) is 8.27. The van der Waals surface area contributed by atoms with Gasteiger partial charge in [0.1, 0.15) is 12.0 Å². The van der Waals surface area contributed by atoms with Crippen molar-refractivity contribution in [2.45, 2.75) is 26.2 Å². The molecule has 0 bridgehead atoms. The molecule has 0 spiro atoms. The molecule has 0 saturated heterocycles.